The number of carboxylic acid groups (broad SMARTS) is 1. The summed E-state index contributed by atoms with van der Waals surface area (Å²) in [6.07, 6.45) is 4.15. The Labute approximate surface area is 127 Å². The summed E-state index contributed by atoms with van der Waals surface area (Å²) in [4.78, 5) is 29.0. The van der Waals surface area contributed by atoms with Crippen molar-refractivity contribution >= 4 is 23.8 Å². The molecule has 6 nitrogen and oxygen atoms in total. The van der Waals surface area contributed by atoms with Crippen LogP contribution in [0.5, 0.6) is 0 Å². The lowest BCUT2D eigenvalue weighted by atomic mass is 9.90. The molecule has 1 unspecified atom stereocenters. The minimum atomic E-state index is -0.850. The summed E-state index contributed by atoms with van der Waals surface area (Å²) in [5, 5.41) is 12.9. The van der Waals surface area contributed by atoms with Gasteiger partial charge in [-0.15, -0.1) is 11.8 Å². The number of likely N-dealkylation sites (tertiary alicyclic amines) is 1. The highest BCUT2D eigenvalue weighted by atomic mass is 32.2. The molecule has 1 saturated heterocycles. The van der Waals surface area contributed by atoms with Gasteiger partial charge in [0.1, 0.15) is 0 Å². The number of aliphatic carboxylic acids is 1. The number of nitrogens with zero attached hydrogens (tertiary/aromatic N) is 2. The molecule has 0 aliphatic carbocycles. The van der Waals surface area contributed by atoms with Gasteiger partial charge in [0.2, 0.25) is 0 Å². The molecule has 7 heteroatoms. The molecule has 1 aromatic heterocycles. The van der Waals surface area contributed by atoms with Crippen molar-refractivity contribution in [1.82, 2.24) is 15.2 Å². The lowest BCUT2D eigenvalue weighted by molar-refractivity contribution is -0.146. The minimum Gasteiger partial charge on any atom is -0.481 e. The molecule has 1 aliphatic rings. The fraction of sp³-hybridized carbons (Fsp3) is 0.500. The zero-order chi connectivity index (χ0) is 15.5. The molecule has 0 spiro atoms. The van der Waals surface area contributed by atoms with Gasteiger partial charge in [-0.1, -0.05) is 0 Å². The van der Waals surface area contributed by atoms with Gasteiger partial charge in [-0.25, -0.2) is 9.78 Å². The van der Waals surface area contributed by atoms with Gasteiger partial charge in [0.25, 0.3) is 0 Å². The number of amides is 2. The molecule has 21 heavy (non-hydrogen) atoms. The molecular weight excluding hydrogens is 290 g/mol. The van der Waals surface area contributed by atoms with Crippen molar-refractivity contribution < 1.29 is 14.7 Å². The van der Waals surface area contributed by atoms with E-state index in [1.165, 1.54) is 0 Å². The Bertz CT molecular complexity index is 552. The van der Waals surface area contributed by atoms with Crippen LogP contribution in [0.4, 0.5) is 4.79 Å². The highest BCUT2D eigenvalue weighted by Crippen LogP contribution is 2.29. The van der Waals surface area contributed by atoms with Crippen molar-refractivity contribution in [2.75, 3.05) is 19.3 Å². The number of hydrogen-bond donors (Lipinski definition) is 2. The Kier molecular flexibility index (Phi) is 4.72. The largest absolute Gasteiger partial charge is 0.481 e. The van der Waals surface area contributed by atoms with Crippen LogP contribution in [-0.2, 0) is 11.3 Å². The Balaban J connectivity index is 1.89. The molecule has 1 fully saturated rings. The van der Waals surface area contributed by atoms with Crippen LogP contribution in [0.1, 0.15) is 18.9 Å². The van der Waals surface area contributed by atoms with Gasteiger partial charge in [0.15, 0.2) is 0 Å². The third kappa shape index (κ3) is 3.66. The Hall–Kier alpha value is -1.76. The highest BCUT2D eigenvalue weighted by Gasteiger charge is 2.42. The number of nitrogens with one attached hydrogen (secondary N) is 1. The van der Waals surface area contributed by atoms with E-state index >= 15 is 0 Å². The Morgan fingerprint density at radius 1 is 1.57 bits per heavy atom. The number of hydrogen-bond acceptors (Lipinski definition) is 4. The van der Waals surface area contributed by atoms with Gasteiger partial charge in [-0.05, 0) is 37.3 Å². The maximum absolute atomic E-state index is 12.1. The zero-order valence-corrected chi connectivity index (χ0v) is 12.9. The predicted octanol–water partition coefficient (Wildman–Crippen LogP) is 1.81. The van der Waals surface area contributed by atoms with Crippen LogP contribution in [0.2, 0.25) is 0 Å². The van der Waals surface area contributed by atoms with E-state index in [0.29, 0.717) is 19.5 Å². The molecule has 0 aromatic carbocycles. The zero-order valence-electron chi connectivity index (χ0n) is 12.1. The normalized spacial score (nSPS) is 21.3. The van der Waals surface area contributed by atoms with E-state index in [9.17, 15) is 14.7 Å². The summed E-state index contributed by atoms with van der Waals surface area (Å²) in [6.45, 7) is 2.81. The first-order valence-electron chi connectivity index (χ1n) is 6.70. The van der Waals surface area contributed by atoms with Crippen LogP contribution < -0.4 is 5.32 Å². The third-order valence-electron chi connectivity index (χ3n) is 3.73. The molecule has 1 atom stereocenters. The topological polar surface area (TPSA) is 82.5 Å². The molecule has 2 amide bonds. The fourth-order valence-electron chi connectivity index (χ4n) is 2.27. The van der Waals surface area contributed by atoms with Crippen LogP contribution >= 0.6 is 11.8 Å². The van der Waals surface area contributed by atoms with Gasteiger partial charge >= 0.3 is 12.0 Å². The maximum atomic E-state index is 12.1. The predicted molar refractivity (Wildman–Crippen MR) is 80.2 cm³/mol. The smallest absolute Gasteiger partial charge is 0.317 e. The van der Waals surface area contributed by atoms with Crippen molar-refractivity contribution in [1.29, 1.82) is 0 Å². The van der Waals surface area contributed by atoms with Crippen LogP contribution in [0.25, 0.3) is 0 Å². The number of thioether (sulfide) groups is 1. The van der Waals surface area contributed by atoms with E-state index in [2.05, 4.69) is 10.3 Å². The van der Waals surface area contributed by atoms with E-state index in [1.54, 1.807) is 29.8 Å². The molecule has 2 heterocycles. The first-order valence-corrected chi connectivity index (χ1v) is 7.92. The van der Waals surface area contributed by atoms with Gasteiger partial charge < -0.3 is 15.3 Å². The van der Waals surface area contributed by atoms with Crippen molar-refractivity contribution in [2.45, 2.75) is 24.9 Å². The summed E-state index contributed by atoms with van der Waals surface area (Å²) in [5.74, 6) is -0.850. The standard InChI is InChI=1S/C14H19N3O3S/c1-14(12(18)19)4-6-17(9-14)13(20)16-8-10-3-5-15-11(7-10)21-2/h3,5,7H,4,6,8-9H2,1-2H3,(H,16,20)(H,18,19). The van der Waals surface area contributed by atoms with E-state index in [0.717, 1.165) is 10.6 Å². The summed E-state index contributed by atoms with van der Waals surface area (Å²) in [5.41, 5.74) is 0.142. The van der Waals surface area contributed by atoms with Crippen LogP contribution in [0.15, 0.2) is 23.4 Å². The van der Waals surface area contributed by atoms with E-state index in [-0.39, 0.29) is 12.6 Å². The van der Waals surface area contributed by atoms with E-state index in [4.69, 9.17) is 0 Å². The van der Waals surface area contributed by atoms with Crippen molar-refractivity contribution in [3.8, 4) is 0 Å². The summed E-state index contributed by atoms with van der Waals surface area (Å²) < 4.78 is 0. The number of carbonyl (C=O) groups excluding carboxylic acids is 1. The molecular formula is C14H19N3O3S. The fourth-order valence-corrected chi connectivity index (χ4v) is 2.71. The summed E-state index contributed by atoms with van der Waals surface area (Å²) >= 11 is 1.55. The maximum Gasteiger partial charge on any atom is 0.317 e. The van der Waals surface area contributed by atoms with E-state index in [1.807, 2.05) is 18.4 Å². The average Bonchev–Trinajstić information content (AvgIpc) is 2.89. The minimum absolute atomic E-state index is 0.220. The van der Waals surface area contributed by atoms with Gasteiger partial charge in [0.05, 0.1) is 10.4 Å². The highest BCUT2D eigenvalue weighted by molar-refractivity contribution is 7.98. The second-order valence-electron chi connectivity index (χ2n) is 5.40. The molecule has 0 radical (unpaired) electrons. The summed E-state index contributed by atoms with van der Waals surface area (Å²) in [6, 6.07) is 3.56. The lowest BCUT2D eigenvalue weighted by Gasteiger charge is -2.20. The number of rotatable bonds is 4. The van der Waals surface area contributed by atoms with Gasteiger partial charge in [-0.3, -0.25) is 4.79 Å². The number of urea groups is 1. The average molecular weight is 309 g/mol. The van der Waals surface area contributed by atoms with Crippen molar-refractivity contribution in [3.05, 3.63) is 23.9 Å². The van der Waals surface area contributed by atoms with Gasteiger partial charge in [-0.2, -0.15) is 0 Å². The van der Waals surface area contributed by atoms with Crippen LogP contribution in [-0.4, -0.2) is 46.3 Å². The second-order valence-corrected chi connectivity index (χ2v) is 6.23. The monoisotopic (exact) mass is 309 g/mol. The number of carbonyl (C=O) groups is 2. The van der Waals surface area contributed by atoms with Gasteiger partial charge in [0, 0.05) is 25.8 Å². The molecule has 0 saturated carbocycles. The number of carboxylic acids is 1. The molecule has 2 N–H and O–H groups in total. The third-order valence-corrected chi connectivity index (χ3v) is 4.37. The van der Waals surface area contributed by atoms with E-state index < -0.39 is 11.4 Å². The Morgan fingerprint density at radius 2 is 2.33 bits per heavy atom. The number of pyridine rings is 1. The molecule has 1 aliphatic heterocycles. The van der Waals surface area contributed by atoms with Crippen molar-refractivity contribution in [3.63, 3.8) is 0 Å². The summed E-state index contributed by atoms with van der Waals surface area (Å²) in [7, 11) is 0. The first kappa shape index (κ1) is 15.6. The second kappa shape index (κ2) is 6.34. The molecule has 0 bridgehead atoms. The van der Waals surface area contributed by atoms with Crippen LogP contribution in [0, 0.1) is 5.41 Å². The molecule has 2 rings (SSSR count). The van der Waals surface area contributed by atoms with Crippen LogP contribution in [0.3, 0.4) is 0 Å². The number of aromatic nitrogens is 1. The first-order chi connectivity index (χ1) is 9.94. The lowest BCUT2D eigenvalue weighted by Crippen LogP contribution is -2.40. The SMILES string of the molecule is CSc1cc(CNC(=O)N2CCC(C)(C(=O)O)C2)ccn1. The molecule has 114 valence electrons. The van der Waals surface area contributed by atoms with Crippen molar-refractivity contribution in [2.24, 2.45) is 5.41 Å². The molecule has 1 aromatic rings. The Morgan fingerprint density at radius 3 is 2.95 bits per heavy atom. The quantitative estimate of drug-likeness (QED) is 0.829.